The van der Waals surface area contributed by atoms with Crippen LogP contribution in [0.2, 0.25) is 0 Å². The zero-order chi connectivity index (χ0) is 17.7. The summed E-state index contributed by atoms with van der Waals surface area (Å²) in [5, 5.41) is 10.3. The van der Waals surface area contributed by atoms with Crippen molar-refractivity contribution < 1.29 is 22.8 Å². The van der Waals surface area contributed by atoms with E-state index >= 15 is 0 Å². The predicted molar refractivity (Wildman–Crippen MR) is 67.1 cm³/mol. The molecule has 0 spiro atoms. The third-order valence-electron chi connectivity index (χ3n) is 2.17. The van der Waals surface area contributed by atoms with Crippen LogP contribution >= 0.6 is 0 Å². The fourth-order valence-electron chi connectivity index (χ4n) is 1.10. The monoisotopic (exact) mass is 240 g/mol. The summed E-state index contributed by atoms with van der Waals surface area (Å²) in [6.45, 7) is 4.44. The lowest BCUT2D eigenvalue weighted by atomic mass is 9.89. The number of rotatable bonds is 2. The molecule has 0 saturated heterocycles. The SMILES string of the molecule is [2H]/C(=C(/[2H])C([2H])(O)C(C)(C)C)c1c([2H])c([2H])c2c(c1[2H])OCO2. The molecule has 1 heterocycles. The van der Waals surface area contributed by atoms with Crippen molar-refractivity contribution >= 4 is 6.05 Å². The van der Waals surface area contributed by atoms with Gasteiger partial charge < -0.3 is 14.6 Å². The molecular weight excluding hydrogens is 216 g/mol. The van der Waals surface area contributed by atoms with Gasteiger partial charge in [-0.05, 0) is 23.1 Å². The van der Waals surface area contributed by atoms with E-state index in [1.54, 1.807) is 20.8 Å². The summed E-state index contributed by atoms with van der Waals surface area (Å²) in [6, 6.07) is -2.59. The summed E-state index contributed by atoms with van der Waals surface area (Å²) in [5.41, 5.74) is -1.39. The molecule has 3 heteroatoms. The first-order valence-electron chi connectivity index (χ1n) is 8.21. The summed E-state index contributed by atoms with van der Waals surface area (Å²) < 4.78 is 58.1. The maximum absolute atomic E-state index is 10.3. The highest BCUT2D eigenvalue weighted by Crippen LogP contribution is 2.33. The van der Waals surface area contributed by atoms with E-state index in [0.717, 1.165) is 0 Å². The van der Waals surface area contributed by atoms with E-state index in [1.165, 1.54) is 0 Å². The molecule has 0 bridgehead atoms. The molecule has 3 nitrogen and oxygen atoms in total. The zero-order valence-corrected chi connectivity index (χ0v) is 9.97. The summed E-state index contributed by atoms with van der Waals surface area (Å²) in [4.78, 5) is 0. The van der Waals surface area contributed by atoms with Crippen LogP contribution in [0.1, 0.15) is 34.6 Å². The lowest BCUT2D eigenvalue weighted by Crippen LogP contribution is -2.23. The Bertz CT molecular complexity index is 691. The predicted octanol–water partition coefficient (Wildman–Crippen LogP) is 2.84. The second kappa shape index (κ2) is 4.41. The molecule has 0 aromatic heterocycles. The number of hydrogen-bond acceptors (Lipinski definition) is 3. The van der Waals surface area contributed by atoms with Gasteiger partial charge in [0.05, 0.1) is 14.3 Å². The van der Waals surface area contributed by atoms with E-state index < -0.39 is 29.6 Å². The summed E-state index contributed by atoms with van der Waals surface area (Å²) >= 11 is 0. The number of aliphatic hydroxyl groups is 1. The van der Waals surface area contributed by atoms with Gasteiger partial charge in [-0.1, -0.05) is 38.9 Å². The largest absolute Gasteiger partial charge is 0.454 e. The normalized spacial score (nSPS) is 24.5. The highest BCUT2D eigenvalue weighted by atomic mass is 16.7. The van der Waals surface area contributed by atoms with Crippen molar-refractivity contribution in [3.05, 3.63) is 29.7 Å². The Labute approximate surface area is 110 Å². The van der Waals surface area contributed by atoms with Gasteiger partial charge in [-0.3, -0.25) is 0 Å². The molecule has 0 aliphatic carbocycles. The number of benzene rings is 1. The summed E-state index contributed by atoms with van der Waals surface area (Å²) in [7, 11) is 0. The molecule has 1 aliphatic rings. The minimum absolute atomic E-state index is 0.0416. The number of fused-ring (bicyclic) bond motifs is 1. The third-order valence-corrected chi connectivity index (χ3v) is 2.17. The molecule has 0 amide bonds. The van der Waals surface area contributed by atoms with Crippen molar-refractivity contribution in [2.75, 3.05) is 6.79 Å². The smallest absolute Gasteiger partial charge is 0.231 e. The van der Waals surface area contributed by atoms with E-state index in [0.29, 0.717) is 0 Å². The van der Waals surface area contributed by atoms with Crippen LogP contribution in [0.4, 0.5) is 0 Å². The van der Waals surface area contributed by atoms with Crippen molar-refractivity contribution in [3.8, 4) is 11.5 Å². The first kappa shape index (κ1) is 6.45. The molecule has 1 aliphatic heterocycles. The molecule has 0 saturated carbocycles. The molecule has 92 valence electrons. The Morgan fingerprint density at radius 3 is 2.88 bits per heavy atom. The van der Waals surface area contributed by atoms with Crippen LogP contribution in [0, 0.1) is 5.41 Å². The van der Waals surface area contributed by atoms with Crippen LogP contribution in [0.3, 0.4) is 0 Å². The molecule has 1 unspecified atom stereocenters. The van der Waals surface area contributed by atoms with E-state index in [1.807, 2.05) is 0 Å². The van der Waals surface area contributed by atoms with Gasteiger partial charge in [0.25, 0.3) is 0 Å². The lowest BCUT2D eigenvalue weighted by Gasteiger charge is -2.22. The minimum atomic E-state index is -2.39. The van der Waals surface area contributed by atoms with Crippen molar-refractivity contribution in [3.63, 3.8) is 0 Å². The Morgan fingerprint density at radius 2 is 2.18 bits per heavy atom. The van der Waals surface area contributed by atoms with Gasteiger partial charge in [-0.15, -0.1) is 0 Å². The maximum atomic E-state index is 10.3. The second-order valence-electron chi connectivity index (χ2n) is 4.66. The van der Waals surface area contributed by atoms with Gasteiger partial charge in [0.15, 0.2) is 11.5 Å². The van der Waals surface area contributed by atoms with Crippen molar-refractivity contribution in [1.29, 1.82) is 0 Å². The van der Waals surface area contributed by atoms with Gasteiger partial charge >= 0.3 is 0 Å². The van der Waals surface area contributed by atoms with Gasteiger partial charge in [0.1, 0.15) is 0 Å². The number of ether oxygens (including phenoxy) is 2. The molecule has 1 aromatic carbocycles. The Morgan fingerprint density at radius 1 is 1.47 bits per heavy atom. The Balaban J connectivity index is 2.72. The Kier molecular flexibility index (Phi) is 1.68. The zero-order valence-electron chi connectivity index (χ0n) is 16.0. The van der Waals surface area contributed by atoms with Crippen LogP contribution in [0.15, 0.2) is 24.2 Å². The van der Waals surface area contributed by atoms with Gasteiger partial charge in [0, 0.05) is 0 Å². The highest BCUT2D eigenvalue weighted by molar-refractivity contribution is 5.56. The van der Waals surface area contributed by atoms with Crippen LogP contribution in [0.25, 0.3) is 6.05 Å². The molecule has 1 atom stereocenters. The Hall–Kier alpha value is -1.48. The standard InChI is InChI=1S/C14H18O3/c1-14(2,3)13(15)7-5-10-4-6-11-12(8-10)17-9-16-11/h4-8,13,15H,9H2,1-3H3/b7-5+/i4D,5D,6D,7D,8D,13D. The van der Waals surface area contributed by atoms with Crippen molar-refractivity contribution in [1.82, 2.24) is 0 Å². The van der Waals surface area contributed by atoms with E-state index in [2.05, 4.69) is 0 Å². The first-order valence-corrected chi connectivity index (χ1v) is 5.21. The van der Waals surface area contributed by atoms with Gasteiger partial charge in [-0.2, -0.15) is 0 Å². The van der Waals surface area contributed by atoms with Gasteiger partial charge in [-0.25, -0.2) is 0 Å². The fourth-order valence-corrected chi connectivity index (χ4v) is 1.10. The summed E-state index contributed by atoms with van der Waals surface area (Å²) in [6.07, 6.45) is -2.39. The molecule has 2 rings (SSSR count). The van der Waals surface area contributed by atoms with E-state index in [4.69, 9.17) is 17.7 Å². The van der Waals surface area contributed by atoms with Crippen molar-refractivity contribution in [2.24, 2.45) is 5.41 Å². The van der Waals surface area contributed by atoms with Gasteiger partial charge in [0.2, 0.25) is 6.79 Å². The van der Waals surface area contributed by atoms with Crippen LogP contribution in [-0.4, -0.2) is 18.0 Å². The second-order valence-corrected chi connectivity index (χ2v) is 4.66. The minimum Gasteiger partial charge on any atom is -0.454 e. The van der Waals surface area contributed by atoms with Crippen LogP contribution in [0.5, 0.6) is 11.5 Å². The molecule has 0 radical (unpaired) electrons. The fraction of sp³-hybridized carbons (Fsp3) is 0.429. The summed E-state index contributed by atoms with van der Waals surface area (Å²) in [5.74, 6) is -0.108. The molecule has 17 heavy (non-hydrogen) atoms. The van der Waals surface area contributed by atoms with Crippen LogP contribution < -0.4 is 9.47 Å². The van der Waals surface area contributed by atoms with E-state index in [-0.39, 0.29) is 35.9 Å². The lowest BCUT2D eigenvalue weighted by molar-refractivity contribution is 0.106. The van der Waals surface area contributed by atoms with E-state index in [9.17, 15) is 5.11 Å². The molecule has 0 fully saturated rings. The molecule has 1 aromatic rings. The topological polar surface area (TPSA) is 38.7 Å². The van der Waals surface area contributed by atoms with Crippen LogP contribution in [-0.2, 0) is 0 Å². The molecule has 1 N–H and O–H groups in total. The average Bonchev–Trinajstić information content (AvgIpc) is 2.92. The first-order chi connectivity index (χ1) is 10.4. The average molecular weight is 240 g/mol. The number of hydrogen-bond donors (Lipinski definition) is 1. The van der Waals surface area contributed by atoms with Crippen molar-refractivity contribution in [2.45, 2.75) is 26.9 Å². The maximum Gasteiger partial charge on any atom is 0.231 e. The highest BCUT2D eigenvalue weighted by Gasteiger charge is 2.19. The molecular formula is C14H18O3. The quantitative estimate of drug-likeness (QED) is 0.864. The third kappa shape index (κ3) is 2.80.